The van der Waals surface area contributed by atoms with Crippen LogP contribution in [0.1, 0.15) is 6.92 Å². The number of hydrogen-bond donors (Lipinski definition) is 1. The number of ether oxygens (including phenoxy) is 1. The number of esters is 1. The van der Waals surface area contributed by atoms with E-state index in [1.165, 1.54) is 0 Å². The van der Waals surface area contributed by atoms with Gasteiger partial charge in [-0.15, -0.1) is 0 Å². The highest BCUT2D eigenvalue weighted by atomic mass is 35.7. The third-order valence-electron chi connectivity index (χ3n) is 0.968. The standard InChI is InChI=1S/C5H10ClNO4S/c1-2-11-5(8)4(7)3-12(6,9)10/h4H,2-3,7H2,1H3/t4-/m0/s1. The van der Waals surface area contributed by atoms with Crippen LogP contribution >= 0.6 is 10.7 Å². The molecule has 2 N–H and O–H groups in total. The predicted octanol–water partition coefficient (Wildman–Crippen LogP) is -0.555. The Hall–Kier alpha value is -0.330. The first kappa shape index (κ1) is 11.7. The molecule has 0 aliphatic rings. The Bertz CT molecular complexity index is 250. The molecule has 0 amide bonds. The maximum absolute atomic E-state index is 10.8. The van der Waals surface area contributed by atoms with E-state index in [2.05, 4.69) is 4.74 Å². The molecule has 0 aliphatic carbocycles. The zero-order chi connectivity index (χ0) is 9.78. The maximum atomic E-state index is 10.8. The molecule has 5 nitrogen and oxygen atoms in total. The van der Waals surface area contributed by atoms with Crippen molar-refractivity contribution in [2.45, 2.75) is 13.0 Å². The molecule has 12 heavy (non-hydrogen) atoms. The summed E-state index contributed by atoms with van der Waals surface area (Å²) >= 11 is 0. The average Bonchev–Trinajstić information content (AvgIpc) is 1.84. The van der Waals surface area contributed by atoms with Crippen LogP contribution in [-0.2, 0) is 18.6 Å². The second kappa shape index (κ2) is 4.64. The zero-order valence-electron chi connectivity index (χ0n) is 6.49. The van der Waals surface area contributed by atoms with Crippen LogP contribution in [0.4, 0.5) is 0 Å². The molecule has 1 atom stereocenters. The van der Waals surface area contributed by atoms with Gasteiger partial charge in [0.15, 0.2) is 0 Å². The molecule has 0 bridgehead atoms. The van der Waals surface area contributed by atoms with Gasteiger partial charge in [0.25, 0.3) is 0 Å². The van der Waals surface area contributed by atoms with Crippen LogP contribution in [0.15, 0.2) is 0 Å². The first-order chi connectivity index (χ1) is 5.37. The topological polar surface area (TPSA) is 86.5 Å². The van der Waals surface area contributed by atoms with Crippen LogP contribution in [0.3, 0.4) is 0 Å². The Morgan fingerprint density at radius 1 is 1.67 bits per heavy atom. The first-order valence-electron chi connectivity index (χ1n) is 3.21. The van der Waals surface area contributed by atoms with E-state index in [1.54, 1.807) is 6.92 Å². The first-order valence-corrected chi connectivity index (χ1v) is 5.69. The van der Waals surface area contributed by atoms with Gasteiger partial charge in [-0.25, -0.2) is 8.42 Å². The lowest BCUT2D eigenvalue weighted by Crippen LogP contribution is -2.37. The van der Waals surface area contributed by atoms with Gasteiger partial charge in [-0.1, -0.05) is 0 Å². The summed E-state index contributed by atoms with van der Waals surface area (Å²) in [6, 6.07) is -1.20. The Morgan fingerprint density at radius 2 is 2.17 bits per heavy atom. The van der Waals surface area contributed by atoms with Gasteiger partial charge < -0.3 is 10.5 Å². The average molecular weight is 216 g/mol. The lowest BCUT2D eigenvalue weighted by atomic mass is 10.4. The fraction of sp³-hybridized carbons (Fsp3) is 0.800. The molecule has 0 rings (SSSR count). The molecule has 0 unspecified atom stereocenters. The highest BCUT2D eigenvalue weighted by Gasteiger charge is 2.20. The third-order valence-corrected chi connectivity index (χ3v) is 2.10. The molecule has 0 aromatic rings. The number of hydrogen-bond acceptors (Lipinski definition) is 5. The minimum absolute atomic E-state index is 0.162. The number of rotatable bonds is 4. The van der Waals surface area contributed by atoms with Crippen LogP contribution in [0.5, 0.6) is 0 Å². The Balaban J connectivity index is 4.05. The van der Waals surface area contributed by atoms with E-state index < -0.39 is 26.8 Å². The highest BCUT2D eigenvalue weighted by molar-refractivity contribution is 8.13. The van der Waals surface area contributed by atoms with E-state index >= 15 is 0 Å². The van der Waals surface area contributed by atoms with Crippen LogP contribution < -0.4 is 5.73 Å². The van der Waals surface area contributed by atoms with Gasteiger partial charge in [0.05, 0.1) is 12.4 Å². The molecule has 72 valence electrons. The maximum Gasteiger partial charge on any atom is 0.324 e. The van der Waals surface area contributed by atoms with Crippen LogP contribution in [0, 0.1) is 0 Å². The quantitative estimate of drug-likeness (QED) is 0.502. The van der Waals surface area contributed by atoms with Gasteiger partial charge in [0.2, 0.25) is 9.05 Å². The molecule has 0 aromatic heterocycles. The number of carbonyl (C=O) groups excluding carboxylic acids is 1. The van der Waals surface area contributed by atoms with Crippen molar-refractivity contribution in [2.24, 2.45) is 5.73 Å². The van der Waals surface area contributed by atoms with Gasteiger partial charge >= 0.3 is 5.97 Å². The van der Waals surface area contributed by atoms with Crippen LogP contribution in [0.2, 0.25) is 0 Å². The molecule has 0 fully saturated rings. The van der Waals surface area contributed by atoms with Gasteiger partial charge in [0, 0.05) is 10.7 Å². The number of halogens is 1. The zero-order valence-corrected chi connectivity index (χ0v) is 8.06. The molecule has 0 saturated carbocycles. The Labute approximate surface area is 75.2 Å². The van der Waals surface area contributed by atoms with Crippen molar-refractivity contribution in [2.75, 3.05) is 12.4 Å². The van der Waals surface area contributed by atoms with Crippen molar-refractivity contribution in [3.8, 4) is 0 Å². The van der Waals surface area contributed by atoms with Crippen molar-refractivity contribution in [3.63, 3.8) is 0 Å². The lowest BCUT2D eigenvalue weighted by Gasteiger charge is -2.07. The second-order valence-corrected chi connectivity index (χ2v) is 4.89. The molecule has 0 heterocycles. The molecular weight excluding hydrogens is 206 g/mol. The monoisotopic (exact) mass is 215 g/mol. The number of nitrogens with two attached hydrogens (primary N) is 1. The highest BCUT2D eigenvalue weighted by Crippen LogP contribution is 1.99. The summed E-state index contributed by atoms with van der Waals surface area (Å²) in [5.41, 5.74) is 5.15. The molecule has 0 spiro atoms. The van der Waals surface area contributed by atoms with Crippen molar-refractivity contribution in [1.82, 2.24) is 0 Å². The molecule has 7 heteroatoms. The van der Waals surface area contributed by atoms with Crippen molar-refractivity contribution in [3.05, 3.63) is 0 Å². The normalized spacial score (nSPS) is 13.9. The van der Waals surface area contributed by atoms with Gasteiger partial charge in [-0.3, -0.25) is 4.79 Å². The summed E-state index contributed by atoms with van der Waals surface area (Å²) in [7, 11) is 1.12. The van der Waals surface area contributed by atoms with Crippen molar-refractivity contribution >= 4 is 25.7 Å². The summed E-state index contributed by atoms with van der Waals surface area (Å²) < 4.78 is 25.3. The summed E-state index contributed by atoms with van der Waals surface area (Å²) in [4.78, 5) is 10.8. The van der Waals surface area contributed by atoms with E-state index in [1.807, 2.05) is 0 Å². The van der Waals surface area contributed by atoms with E-state index in [4.69, 9.17) is 16.4 Å². The lowest BCUT2D eigenvalue weighted by molar-refractivity contribution is -0.144. The van der Waals surface area contributed by atoms with Gasteiger partial charge in [-0.05, 0) is 6.92 Å². The summed E-state index contributed by atoms with van der Waals surface area (Å²) in [5, 5.41) is 0. The van der Waals surface area contributed by atoms with E-state index in [-0.39, 0.29) is 6.61 Å². The van der Waals surface area contributed by atoms with E-state index in [0.717, 1.165) is 0 Å². The van der Waals surface area contributed by atoms with Crippen LogP contribution in [0.25, 0.3) is 0 Å². The molecule has 0 aliphatic heterocycles. The summed E-state index contributed by atoms with van der Waals surface area (Å²) in [6.45, 7) is 1.76. The molecule has 0 saturated heterocycles. The minimum Gasteiger partial charge on any atom is -0.465 e. The fourth-order valence-corrected chi connectivity index (χ4v) is 1.50. The van der Waals surface area contributed by atoms with Gasteiger partial charge in [-0.2, -0.15) is 0 Å². The Kier molecular flexibility index (Phi) is 4.51. The SMILES string of the molecule is CCOC(=O)[C@@H](N)CS(=O)(=O)Cl. The van der Waals surface area contributed by atoms with Crippen molar-refractivity contribution in [1.29, 1.82) is 0 Å². The fourth-order valence-electron chi connectivity index (χ4n) is 0.532. The summed E-state index contributed by atoms with van der Waals surface area (Å²) in [6.07, 6.45) is 0. The predicted molar refractivity (Wildman–Crippen MR) is 44.2 cm³/mol. The summed E-state index contributed by atoms with van der Waals surface area (Å²) in [5.74, 6) is -1.37. The van der Waals surface area contributed by atoms with Crippen LogP contribution in [-0.4, -0.2) is 32.8 Å². The smallest absolute Gasteiger partial charge is 0.324 e. The Morgan fingerprint density at radius 3 is 2.50 bits per heavy atom. The largest absolute Gasteiger partial charge is 0.465 e. The minimum atomic E-state index is -3.74. The van der Waals surface area contributed by atoms with E-state index in [9.17, 15) is 13.2 Å². The molecule has 0 aromatic carbocycles. The third kappa shape index (κ3) is 5.34. The van der Waals surface area contributed by atoms with Gasteiger partial charge in [0.1, 0.15) is 6.04 Å². The van der Waals surface area contributed by atoms with Crippen molar-refractivity contribution < 1.29 is 17.9 Å². The second-order valence-electron chi connectivity index (χ2n) is 2.06. The molecule has 0 radical (unpaired) electrons. The number of carbonyl (C=O) groups is 1. The van der Waals surface area contributed by atoms with E-state index in [0.29, 0.717) is 0 Å². The molecular formula is C5H10ClNO4S.